The first-order valence-corrected chi connectivity index (χ1v) is 14.1. The number of carbonyl (C=O) groups excluding carboxylic acids is 1. The van der Waals surface area contributed by atoms with E-state index in [1.54, 1.807) is 5.01 Å². The molecule has 9 nitrogen and oxygen atoms in total. The molecule has 4 rings (SSSR count). The van der Waals surface area contributed by atoms with E-state index in [9.17, 15) is 9.69 Å². The summed E-state index contributed by atoms with van der Waals surface area (Å²) >= 11 is 0. The minimum atomic E-state index is -1.47. The van der Waals surface area contributed by atoms with E-state index in [0.29, 0.717) is 29.5 Å². The molecule has 194 valence electrons. The van der Waals surface area contributed by atoms with Crippen LogP contribution in [-0.4, -0.2) is 76.7 Å². The van der Waals surface area contributed by atoms with E-state index in [1.165, 1.54) is 0 Å². The molecule has 1 amide bonds. The summed E-state index contributed by atoms with van der Waals surface area (Å²) in [6, 6.07) is 5.71. The number of amidine groups is 1. The molecule has 1 saturated heterocycles. The lowest BCUT2D eigenvalue weighted by molar-refractivity contribution is -0.118. The van der Waals surface area contributed by atoms with Gasteiger partial charge in [0.05, 0.1) is 12.2 Å². The number of rotatable bonds is 8. The highest BCUT2D eigenvalue weighted by Crippen LogP contribution is 2.37. The van der Waals surface area contributed by atoms with Gasteiger partial charge in [0, 0.05) is 37.2 Å². The molecule has 0 aliphatic carbocycles. The van der Waals surface area contributed by atoms with Gasteiger partial charge in [-0.3, -0.25) is 9.46 Å². The van der Waals surface area contributed by atoms with Crippen molar-refractivity contribution in [2.24, 2.45) is 5.10 Å². The van der Waals surface area contributed by atoms with Gasteiger partial charge < -0.3 is 25.2 Å². The molecule has 3 aliphatic rings. The maximum atomic E-state index is 13.0. The number of hydrazone groups is 1. The van der Waals surface area contributed by atoms with Crippen LogP contribution in [0.15, 0.2) is 34.7 Å². The molecule has 2 atom stereocenters. The smallest absolute Gasteiger partial charge is 0.276 e. The second-order valence-electron chi connectivity index (χ2n) is 8.46. The van der Waals surface area contributed by atoms with Crippen LogP contribution in [-0.2, 0) is 4.79 Å². The second-order valence-corrected chi connectivity index (χ2v) is 10.1. The van der Waals surface area contributed by atoms with Gasteiger partial charge in [-0.05, 0) is 45.0 Å². The molecule has 3 aliphatic heterocycles. The molecule has 0 bridgehead atoms. The average Bonchev–Trinajstić information content (AvgIpc) is 3.21. The molecule has 1 aromatic carbocycles. The maximum absolute atomic E-state index is 13.0. The Morgan fingerprint density at radius 1 is 1.17 bits per heavy atom. The summed E-state index contributed by atoms with van der Waals surface area (Å²) in [4.78, 5) is 26.5. The van der Waals surface area contributed by atoms with Crippen molar-refractivity contribution in [3.63, 3.8) is 0 Å². The molecule has 10 heteroatoms. The van der Waals surface area contributed by atoms with Crippen molar-refractivity contribution in [3.05, 3.63) is 35.2 Å². The quantitative estimate of drug-likeness (QED) is 0.469. The van der Waals surface area contributed by atoms with Gasteiger partial charge in [-0.2, -0.15) is 5.10 Å². The standard InChI is InChI=1S/C23H35N6O3P.C2H6/c1-5-8-20-24-16(4)21-23(30)25-22(26-29(20)21)18-15-17(9-10-19(18)32-7-3)33(31)28-13-11-27(6-2)12-14-28;1-2/h9-10,15,20,24,31H,5-8,11-14H2,1-4H3,(H,25,26,30);1-2H3. The first-order valence-electron chi connectivity index (χ1n) is 12.9. The van der Waals surface area contributed by atoms with Crippen molar-refractivity contribution in [2.45, 2.75) is 60.5 Å². The van der Waals surface area contributed by atoms with E-state index in [2.05, 4.69) is 34.1 Å². The molecule has 0 spiro atoms. The summed E-state index contributed by atoms with van der Waals surface area (Å²) in [7, 11) is -1.47. The first kappa shape index (κ1) is 27.4. The highest BCUT2D eigenvalue weighted by molar-refractivity contribution is 7.57. The molecule has 3 N–H and O–H groups in total. The third kappa shape index (κ3) is 5.97. The Bertz CT molecular complexity index is 945. The number of piperazine rings is 1. The van der Waals surface area contributed by atoms with Gasteiger partial charge in [0.15, 0.2) is 5.84 Å². The van der Waals surface area contributed by atoms with E-state index in [4.69, 9.17) is 9.84 Å². The van der Waals surface area contributed by atoms with E-state index in [1.807, 2.05) is 45.9 Å². The van der Waals surface area contributed by atoms with E-state index >= 15 is 0 Å². The van der Waals surface area contributed by atoms with Gasteiger partial charge in [-0.1, -0.05) is 34.1 Å². The van der Waals surface area contributed by atoms with Crippen molar-refractivity contribution in [3.8, 4) is 5.75 Å². The van der Waals surface area contributed by atoms with Crippen LogP contribution in [0.1, 0.15) is 59.9 Å². The molecule has 3 heterocycles. The number of fused-ring (bicyclic) bond motifs is 1. The lowest BCUT2D eigenvalue weighted by atomic mass is 10.1. The normalized spacial score (nSPS) is 21.5. The fourth-order valence-corrected chi connectivity index (χ4v) is 5.84. The van der Waals surface area contributed by atoms with Crippen molar-refractivity contribution < 1.29 is 14.4 Å². The van der Waals surface area contributed by atoms with Gasteiger partial charge in [-0.25, -0.2) is 5.01 Å². The van der Waals surface area contributed by atoms with Gasteiger partial charge in [0.1, 0.15) is 25.9 Å². The third-order valence-corrected chi connectivity index (χ3v) is 7.97. The van der Waals surface area contributed by atoms with E-state index in [0.717, 1.165) is 56.6 Å². The summed E-state index contributed by atoms with van der Waals surface area (Å²) in [5.41, 5.74) is 2.08. The number of benzene rings is 1. The minimum Gasteiger partial charge on any atom is -0.493 e. The Balaban J connectivity index is 0.00000167. The zero-order chi connectivity index (χ0) is 25.5. The molecule has 0 saturated carbocycles. The van der Waals surface area contributed by atoms with E-state index < -0.39 is 8.30 Å². The molecular formula is C25H41N6O3P. The largest absolute Gasteiger partial charge is 0.493 e. The number of allylic oxidation sites excluding steroid dienone is 1. The van der Waals surface area contributed by atoms with Crippen LogP contribution in [0.3, 0.4) is 0 Å². The highest BCUT2D eigenvalue weighted by Gasteiger charge is 2.38. The summed E-state index contributed by atoms with van der Waals surface area (Å²) in [6.07, 6.45) is 1.80. The lowest BCUT2D eigenvalue weighted by Crippen LogP contribution is -2.46. The lowest BCUT2D eigenvalue weighted by Gasteiger charge is -2.36. The molecule has 1 aromatic rings. The Hall–Kier alpha value is -2.19. The number of amides is 1. The monoisotopic (exact) mass is 504 g/mol. The molecule has 1 fully saturated rings. The second kappa shape index (κ2) is 12.7. The maximum Gasteiger partial charge on any atom is 0.276 e. The predicted molar refractivity (Wildman–Crippen MR) is 142 cm³/mol. The molecule has 0 radical (unpaired) electrons. The number of nitrogens with one attached hydrogen (secondary N) is 2. The highest BCUT2D eigenvalue weighted by atomic mass is 31.2. The average molecular weight is 505 g/mol. The SMILES string of the molecule is CC.CCCC1NC(C)=C2C(=O)NC(c3cc(P(O)N4CCN(CC)CC4)ccc3OCC)=NN21. The van der Waals surface area contributed by atoms with Crippen LogP contribution >= 0.6 is 8.30 Å². The summed E-state index contributed by atoms with van der Waals surface area (Å²) < 4.78 is 8.02. The van der Waals surface area contributed by atoms with Crippen LogP contribution in [0.25, 0.3) is 0 Å². The van der Waals surface area contributed by atoms with Crippen LogP contribution in [0.5, 0.6) is 5.75 Å². The van der Waals surface area contributed by atoms with Gasteiger partial charge in [0.2, 0.25) is 0 Å². The summed E-state index contributed by atoms with van der Waals surface area (Å²) in [6.45, 7) is 17.2. The number of hydrogen-bond acceptors (Lipinski definition) is 8. The topological polar surface area (TPSA) is 92.7 Å². The fraction of sp³-hybridized carbons (Fsp3) is 0.600. The summed E-state index contributed by atoms with van der Waals surface area (Å²) in [5.74, 6) is 0.909. The van der Waals surface area contributed by atoms with Crippen molar-refractivity contribution in [1.29, 1.82) is 0 Å². The van der Waals surface area contributed by atoms with Gasteiger partial charge >= 0.3 is 0 Å². The Kier molecular flexibility index (Phi) is 9.92. The molecule has 2 unspecified atom stereocenters. The van der Waals surface area contributed by atoms with Crippen LogP contribution in [0.2, 0.25) is 0 Å². The predicted octanol–water partition coefficient (Wildman–Crippen LogP) is 2.73. The van der Waals surface area contributed by atoms with Crippen molar-refractivity contribution >= 4 is 25.3 Å². The van der Waals surface area contributed by atoms with Gasteiger partial charge in [-0.15, -0.1) is 0 Å². The summed E-state index contributed by atoms with van der Waals surface area (Å²) in [5, 5.41) is 13.8. The van der Waals surface area contributed by atoms with Crippen molar-refractivity contribution in [1.82, 2.24) is 25.2 Å². The minimum absolute atomic E-state index is 0.0467. The van der Waals surface area contributed by atoms with Crippen LogP contribution in [0, 0.1) is 0 Å². The number of hydrogen-bond donors (Lipinski definition) is 3. The van der Waals surface area contributed by atoms with Gasteiger partial charge in [0.25, 0.3) is 5.91 Å². The Morgan fingerprint density at radius 3 is 2.51 bits per heavy atom. The number of nitrogens with zero attached hydrogens (tertiary/aromatic N) is 4. The number of ether oxygens (including phenoxy) is 1. The number of likely N-dealkylation sites (N-methyl/N-ethyl adjacent to an activating group) is 1. The Morgan fingerprint density at radius 2 is 1.89 bits per heavy atom. The van der Waals surface area contributed by atoms with E-state index in [-0.39, 0.29) is 12.1 Å². The fourth-order valence-electron chi connectivity index (χ4n) is 4.50. The molecule has 35 heavy (non-hydrogen) atoms. The Labute approximate surface area is 211 Å². The zero-order valence-corrected chi connectivity index (χ0v) is 22.9. The van der Waals surface area contributed by atoms with Crippen LogP contribution < -0.4 is 20.7 Å². The molecule has 0 aromatic heterocycles. The van der Waals surface area contributed by atoms with Crippen LogP contribution in [0.4, 0.5) is 0 Å². The zero-order valence-electron chi connectivity index (χ0n) is 22.0. The number of carbonyl (C=O) groups is 1. The molecular weight excluding hydrogens is 463 g/mol. The first-order chi connectivity index (χ1) is 17.0. The van der Waals surface area contributed by atoms with Crippen molar-refractivity contribution in [2.75, 3.05) is 39.3 Å². The third-order valence-electron chi connectivity index (χ3n) is 6.29.